The first-order chi connectivity index (χ1) is 13.5. The van der Waals surface area contributed by atoms with Crippen LogP contribution < -0.4 is 10.1 Å². The number of hydrogen-bond donors (Lipinski definition) is 1. The molecule has 3 aromatic rings. The number of aryl methyl sites for hydroxylation is 1. The highest BCUT2D eigenvalue weighted by atomic mass is 35.5. The fraction of sp³-hybridized carbons (Fsp3) is 0.190. The first-order valence-electron chi connectivity index (χ1n) is 8.66. The highest BCUT2D eigenvalue weighted by Crippen LogP contribution is 2.31. The molecule has 1 aromatic heterocycles. The average Bonchev–Trinajstić information content (AvgIpc) is 3.06. The molecule has 144 valence electrons. The summed E-state index contributed by atoms with van der Waals surface area (Å²) < 4.78 is 5.17. The van der Waals surface area contributed by atoms with Gasteiger partial charge in [-0.2, -0.15) is 0 Å². The zero-order chi connectivity index (χ0) is 20.1. The summed E-state index contributed by atoms with van der Waals surface area (Å²) in [6, 6.07) is 14.2. The summed E-state index contributed by atoms with van der Waals surface area (Å²) in [4.78, 5) is 29.9. The van der Waals surface area contributed by atoms with E-state index in [9.17, 15) is 9.59 Å². The Morgan fingerprint density at radius 3 is 2.39 bits per heavy atom. The Hall–Kier alpha value is -2.70. The van der Waals surface area contributed by atoms with Crippen LogP contribution in [0.4, 0.5) is 5.13 Å². The van der Waals surface area contributed by atoms with Crippen LogP contribution in [0.15, 0.2) is 48.5 Å². The predicted molar refractivity (Wildman–Crippen MR) is 112 cm³/mol. The molecule has 7 heteroatoms. The topological polar surface area (TPSA) is 68.3 Å². The standard InChI is InChI=1S/C21H19ClN2O3S/c1-13-20(15-5-9-17(27-2)10-6-15)24-21(28-13)23-19(26)12-11-18(25)14-3-7-16(22)8-4-14/h3-10H,11-12H2,1-2H3,(H,23,24,26). The van der Waals surface area contributed by atoms with Gasteiger partial charge in [0.05, 0.1) is 12.8 Å². The Morgan fingerprint density at radius 2 is 1.75 bits per heavy atom. The van der Waals surface area contributed by atoms with Crippen LogP contribution in [0, 0.1) is 6.92 Å². The van der Waals surface area contributed by atoms with Crippen LogP contribution in [-0.2, 0) is 4.79 Å². The Bertz CT molecular complexity index is 982. The number of methoxy groups -OCH3 is 1. The summed E-state index contributed by atoms with van der Waals surface area (Å²) in [7, 11) is 1.62. The third-order valence-electron chi connectivity index (χ3n) is 4.15. The van der Waals surface area contributed by atoms with Crippen LogP contribution in [0.3, 0.4) is 0 Å². The average molecular weight is 415 g/mol. The van der Waals surface area contributed by atoms with Crippen LogP contribution >= 0.6 is 22.9 Å². The molecule has 1 amide bonds. The minimum Gasteiger partial charge on any atom is -0.497 e. The molecule has 0 aliphatic carbocycles. The molecule has 0 fully saturated rings. The second kappa shape index (κ2) is 8.99. The van der Waals surface area contributed by atoms with E-state index in [-0.39, 0.29) is 24.5 Å². The van der Waals surface area contributed by atoms with E-state index in [2.05, 4.69) is 10.3 Å². The smallest absolute Gasteiger partial charge is 0.226 e. The number of anilines is 1. The van der Waals surface area contributed by atoms with Crippen LogP contribution in [0.25, 0.3) is 11.3 Å². The molecule has 0 bridgehead atoms. The fourth-order valence-electron chi connectivity index (χ4n) is 2.66. The molecule has 3 rings (SSSR count). The summed E-state index contributed by atoms with van der Waals surface area (Å²) in [6.45, 7) is 1.96. The number of thiazole rings is 1. The molecule has 0 aliphatic heterocycles. The van der Waals surface area contributed by atoms with Crippen molar-refractivity contribution in [3.63, 3.8) is 0 Å². The van der Waals surface area contributed by atoms with E-state index < -0.39 is 0 Å². The highest BCUT2D eigenvalue weighted by Gasteiger charge is 2.14. The summed E-state index contributed by atoms with van der Waals surface area (Å²) in [5.41, 5.74) is 2.32. The Labute approximate surface area is 172 Å². The maximum atomic E-state index is 12.2. The van der Waals surface area contributed by atoms with Crippen molar-refractivity contribution in [2.24, 2.45) is 0 Å². The molecule has 0 saturated carbocycles. The first-order valence-corrected chi connectivity index (χ1v) is 9.86. The lowest BCUT2D eigenvalue weighted by atomic mass is 10.1. The van der Waals surface area contributed by atoms with Crippen LogP contribution in [-0.4, -0.2) is 23.8 Å². The van der Waals surface area contributed by atoms with Gasteiger partial charge < -0.3 is 10.1 Å². The lowest BCUT2D eigenvalue weighted by molar-refractivity contribution is -0.116. The van der Waals surface area contributed by atoms with Crippen molar-refractivity contribution >= 4 is 39.8 Å². The number of ketones is 1. The maximum absolute atomic E-state index is 12.2. The predicted octanol–water partition coefficient (Wildman–Crippen LogP) is 5.38. The number of carbonyl (C=O) groups is 2. The number of nitrogens with one attached hydrogen (secondary N) is 1. The quantitative estimate of drug-likeness (QED) is 0.527. The van der Waals surface area contributed by atoms with Crippen molar-refractivity contribution in [3.05, 3.63) is 64.0 Å². The van der Waals surface area contributed by atoms with Gasteiger partial charge in [-0.3, -0.25) is 9.59 Å². The number of carbonyl (C=O) groups excluding carboxylic acids is 2. The molecule has 0 saturated heterocycles. The van der Waals surface area contributed by atoms with E-state index in [1.807, 2.05) is 31.2 Å². The van der Waals surface area contributed by atoms with E-state index in [0.717, 1.165) is 21.9 Å². The molecule has 28 heavy (non-hydrogen) atoms. The summed E-state index contributed by atoms with van der Waals surface area (Å²) >= 11 is 7.23. The van der Waals surface area contributed by atoms with Crippen LogP contribution in [0.2, 0.25) is 5.02 Å². The van der Waals surface area contributed by atoms with Gasteiger partial charge in [-0.1, -0.05) is 11.6 Å². The van der Waals surface area contributed by atoms with E-state index in [0.29, 0.717) is 15.7 Å². The lowest BCUT2D eigenvalue weighted by Gasteiger charge is -2.03. The Morgan fingerprint density at radius 1 is 1.07 bits per heavy atom. The summed E-state index contributed by atoms with van der Waals surface area (Å²) in [6.07, 6.45) is 0.223. The molecule has 1 N–H and O–H groups in total. The van der Waals surface area contributed by atoms with Crippen molar-refractivity contribution in [1.82, 2.24) is 4.98 Å². The highest BCUT2D eigenvalue weighted by molar-refractivity contribution is 7.16. The van der Waals surface area contributed by atoms with E-state index in [1.54, 1.807) is 31.4 Å². The van der Waals surface area contributed by atoms with Gasteiger partial charge in [-0.15, -0.1) is 11.3 Å². The molecule has 0 radical (unpaired) electrons. The molecular formula is C21H19ClN2O3S. The third-order valence-corrected chi connectivity index (χ3v) is 5.29. The zero-order valence-corrected chi connectivity index (χ0v) is 17.1. The number of aromatic nitrogens is 1. The third kappa shape index (κ3) is 4.97. The van der Waals surface area contributed by atoms with Crippen molar-refractivity contribution in [2.45, 2.75) is 19.8 Å². The molecule has 0 atom stereocenters. The van der Waals surface area contributed by atoms with Gasteiger partial charge in [0.2, 0.25) is 5.91 Å². The molecule has 0 spiro atoms. The molecule has 0 aliphatic rings. The maximum Gasteiger partial charge on any atom is 0.226 e. The van der Waals surface area contributed by atoms with Gasteiger partial charge in [-0.05, 0) is 55.5 Å². The number of amides is 1. The summed E-state index contributed by atoms with van der Waals surface area (Å²) in [5, 5.41) is 3.87. The van der Waals surface area contributed by atoms with Crippen molar-refractivity contribution in [1.29, 1.82) is 0 Å². The number of hydrogen-bond acceptors (Lipinski definition) is 5. The number of nitrogens with zero attached hydrogens (tertiary/aromatic N) is 1. The lowest BCUT2D eigenvalue weighted by Crippen LogP contribution is -2.13. The number of benzene rings is 2. The SMILES string of the molecule is COc1ccc(-c2nc(NC(=O)CCC(=O)c3ccc(Cl)cc3)sc2C)cc1. The zero-order valence-electron chi connectivity index (χ0n) is 15.5. The minimum atomic E-state index is -0.239. The Kier molecular flexibility index (Phi) is 6.44. The molecule has 2 aromatic carbocycles. The molecule has 5 nitrogen and oxygen atoms in total. The second-order valence-corrected chi connectivity index (χ2v) is 7.77. The Balaban J connectivity index is 1.59. The number of Topliss-reactive ketones (excluding diaryl/α,β-unsaturated/α-hetero) is 1. The van der Waals surface area contributed by atoms with E-state index in [1.165, 1.54) is 11.3 Å². The largest absolute Gasteiger partial charge is 0.497 e. The van der Waals surface area contributed by atoms with Gasteiger partial charge >= 0.3 is 0 Å². The number of rotatable bonds is 7. The molecule has 0 unspecified atom stereocenters. The van der Waals surface area contributed by atoms with Crippen LogP contribution in [0.1, 0.15) is 28.1 Å². The number of ether oxygens (including phenoxy) is 1. The monoisotopic (exact) mass is 414 g/mol. The van der Waals surface area contributed by atoms with E-state index >= 15 is 0 Å². The van der Waals surface area contributed by atoms with Crippen molar-refractivity contribution in [3.8, 4) is 17.0 Å². The van der Waals surface area contributed by atoms with Gasteiger partial charge in [0.25, 0.3) is 0 Å². The van der Waals surface area contributed by atoms with E-state index in [4.69, 9.17) is 16.3 Å². The normalized spacial score (nSPS) is 10.5. The summed E-state index contributed by atoms with van der Waals surface area (Å²) in [5.74, 6) is 0.439. The second-order valence-electron chi connectivity index (χ2n) is 6.13. The van der Waals surface area contributed by atoms with Gasteiger partial charge in [-0.25, -0.2) is 4.98 Å². The van der Waals surface area contributed by atoms with Crippen molar-refractivity contribution in [2.75, 3.05) is 12.4 Å². The minimum absolute atomic E-state index is 0.0952. The number of halogens is 1. The van der Waals surface area contributed by atoms with Crippen molar-refractivity contribution < 1.29 is 14.3 Å². The fourth-order valence-corrected chi connectivity index (χ4v) is 3.63. The van der Waals surface area contributed by atoms with Gasteiger partial charge in [0.15, 0.2) is 10.9 Å². The van der Waals surface area contributed by atoms with Gasteiger partial charge in [0, 0.05) is 33.9 Å². The first kappa shape index (κ1) is 20.0. The van der Waals surface area contributed by atoms with Gasteiger partial charge in [0.1, 0.15) is 5.75 Å². The molecular weight excluding hydrogens is 396 g/mol. The molecule has 1 heterocycles. The van der Waals surface area contributed by atoms with Crippen LogP contribution in [0.5, 0.6) is 5.75 Å².